The van der Waals surface area contributed by atoms with E-state index in [1.165, 1.54) is 4.90 Å². The van der Waals surface area contributed by atoms with Crippen molar-refractivity contribution >= 4 is 12.2 Å². The average Bonchev–Trinajstić information content (AvgIpc) is 2.78. The number of hydrogen-bond donors (Lipinski definition) is 3. The molecule has 1 fully saturated rings. The van der Waals surface area contributed by atoms with E-state index in [-0.39, 0.29) is 19.2 Å². The van der Waals surface area contributed by atoms with E-state index in [0.717, 1.165) is 5.56 Å². The fourth-order valence-corrected chi connectivity index (χ4v) is 1.99. The van der Waals surface area contributed by atoms with Crippen molar-refractivity contribution in [1.29, 1.82) is 0 Å². The van der Waals surface area contributed by atoms with Gasteiger partial charge in [-0.2, -0.15) is 0 Å². The van der Waals surface area contributed by atoms with Crippen molar-refractivity contribution in [2.75, 3.05) is 26.3 Å². The molecular weight excluding hydrogens is 290 g/mol. The molecule has 0 radical (unpaired) electrons. The molecule has 1 aromatic rings. The number of nitrogens with zero attached hydrogens (tertiary/aromatic N) is 1. The predicted octanol–water partition coefficient (Wildman–Crippen LogP) is 0.796. The molecule has 8 nitrogen and oxygen atoms in total. The van der Waals surface area contributed by atoms with E-state index in [2.05, 4.69) is 10.9 Å². The molecule has 0 spiro atoms. The van der Waals surface area contributed by atoms with Crippen LogP contribution in [0.25, 0.3) is 0 Å². The summed E-state index contributed by atoms with van der Waals surface area (Å²) in [6.07, 6.45) is -1.64. The van der Waals surface area contributed by atoms with Gasteiger partial charge in [-0.05, 0) is 5.56 Å². The first-order valence-electron chi connectivity index (χ1n) is 6.93. The van der Waals surface area contributed by atoms with Crippen LogP contribution in [-0.2, 0) is 16.1 Å². The molecule has 1 heterocycles. The van der Waals surface area contributed by atoms with Gasteiger partial charge in [-0.1, -0.05) is 30.3 Å². The molecule has 3 N–H and O–H groups in total. The maximum atomic E-state index is 11.6. The third-order valence-corrected chi connectivity index (χ3v) is 3.13. The molecule has 1 atom stereocenters. The van der Waals surface area contributed by atoms with Crippen LogP contribution >= 0.6 is 0 Å². The van der Waals surface area contributed by atoms with E-state index < -0.39 is 12.2 Å². The standard InChI is InChI=1S/C14H19N3O5/c18-13(22-9-11-4-2-1-3-5-11)16-15-12-8-17(14(19)20)6-7-21-10-12/h1-5,12,15H,6-10H2,(H,16,18)(H,19,20). The molecule has 1 unspecified atom stereocenters. The molecule has 2 rings (SSSR count). The highest BCUT2D eigenvalue weighted by Crippen LogP contribution is 2.01. The van der Waals surface area contributed by atoms with Gasteiger partial charge in [0.2, 0.25) is 0 Å². The number of benzene rings is 1. The van der Waals surface area contributed by atoms with Gasteiger partial charge in [0.25, 0.3) is 0 Å². The van der Waals surface area contributed by atoms with Crippen molar-refractivity contribution in [2.45, 2.75) is 12.6 Å². The van der Waals surface area contributed by atoms with Crippen LogP contribution in [0.2, 0.25) is 0 Å². The predicted molar refractivity (Wildman–Crippen MR) is 77.1 cm³/mol. The van der Waals surface area contributed by atoms with Crippen molar-refractivity contribution in [2.24, 2.45) is 0 Å². The van der Waals surface area contributed by atoms with Crippen LogP contribution in [0.3, 0.4) is 0 Å². The van der Waals surface area contributed by atoms with Gasteiger partial charge < -0.3 is 19.5 Å². The second kappa shape index (κ2) is 8.20. The van der Waals surface area contributed by atoms with Gasteiger partial charge in [0.1, 0.15) is 6.61 Å². The summed E-state index contributed by atoms with van der Waals surface area (Å²) in [7, 11) is 0. The Balaban J connectivity index is 1.72. The summed E-state index contributed by atoms with van der Waals surface area (Å²) < 4.78 is 10.3. The lowest BCUT2D eigenvalue weighted by molar-refractivity contribution is 0.114. The van der Waals surface area contributed by atoms with E-state index in [4.69, 9.17) is 14.6 Å². The molecule has 1 saturated heterocycles. The number of nitrogens with one attached hydrogen (secondary N) is 2. The molecule has 0 bridgehead atoms. The molecule has 0 aromatic heterocycles. The van der Waals surface area contributed by atoms with Crippen LogP contribution in [0.4, 0.5) is 9.59 Å². The Labute approximate surface area is 128 Å². The molecule has 0 saturated carbocycles. The van der Waals surface area contributed by atoms with Crippen LogP contribution in [-0.4, -0.2) is 54.5 Å². The number of ether oxygens (including phenoxy) is 2. The summed E-state index contributed by atoms with van der Waals surface area (Å²) in [5, 5.41) is 9.00. The van der Waals surface area contributed by atoms with E-state index >= 15 is 0 Å². The van der Waals surface area contributed by atoms with Crippen molar-refractivity contribution < 1.29 is 24.2 Å². The third kappa shape index (κ3) is 5.23. The second-order valence-corrected chi connectivity index (χ2v) is 4.83. The SMILES string of the molecule is O=C(NNC1COCCN(C(=O)O)C1)OCc1ccccc1. The van der Waals surface area contributed by atoms with Crippen LogP contribution in [0.5, 0.6) is 0 Å². The minimum atomic E-state index is -1.01. The minimum Gasteiger partial charge on any atom is -0.465 e. The molecule has 22 heavy (non-hydrogen) atoms. The smallest absolute Gasteiger partial charge is 0.421 e. The van der Waals surface area contributed by atoms with E-state index in [0.29, 0.717) is 19.8 Å². The zero-order valence-electron chi connectivity index (χ0n) is 12.0. The Kier molecular flexibility index (Phi) is 5.99. The monoisotopic (exact) mass is 309 g/mol. The molecular formula is C14H19N3O5. The Hall–Kier alpha value is -2.32. The van der Waals surface area contributed by atoms with Gasteiger partial charge in [-0.25, -0.2) is 15.0 Å². The first-order chi connectivity index (χ1) is 10.6. The summed E-state index contributed by atoms with van der Waals surface area (Å²) in [6.45, 7) is 1.35. The Morgan fingerprint density at radius 3 is 2.86 bits per heavy atom. The summed E-state index contributed by atoms with van der Waals surface area (Å²) in [4.78, 5) is 23.8. The average molecular weight is 309 g/mol. The van der Waals surface area contributed by atoms with E-state index in [1.54, 1.807) is 0 Å². The zero-order chi connectivity index (χ0) is 15.8. The summed E-state index contributed by atoms with van der Waals surface area (Å²) in [6, 6.07) is 8.97. The largest absolute Gasteiger partial charge is 0.465 e. The van der Waals surface area contributed by atoms with Gasteiger partial charge in [0, 0.05) is 13.1 Å². The van der Waals surface area contributed by atoms with Crippen molar-refractivity contribution in [3.8, 4) is 0 Å². The van der Waals surface area contributed by atoms with Crippen LogP contribution in [0.1, 0.15) is 5.56 Å². The highest BCUT2D eigenvalue weighted by molar-refractivity contribution is 5.66. The Bertz CT molecular complexity index is 497. The molecule has 1 aliphatic rings. The first kappa shape index (κ1) is 16.1. The minimum absolute atomic E-state index is 0.163. The molecule has 0 aliphatic carbocycles. The zero-order valence-corrected chi connectivity index (χ0v) is 12.0. The number of rotatable bonds is 4. The second-order valence-electron chi connectivity index (χ2n) is 4.83. The third-order valence-electron chi connectivity index (χ3n) is 3.13. The van der Waals surface area contributed by atoms with Gasteiger partial charge in [0.05, 0.1) is 19.3 Å². The summed E-state index contributed by atoms with van der Waals surface area (Å²) in [5.74, 6) is 0. The van der Waals surface area contributed by atoms with E-state index in [9.17, 15) is 9.59 Å². The quantitative estimate of drug-likeness (QED) is 0.711. The highest BCUT2D eigenvalue weighted by atomic mass is 16.6. The first-order valence-corrected chi connectivity index (χ1v) is 6.93. The number of carbonyl (C=O) groups is 2. The molecule has 1 aromatic carbocycles. The van der Waals surface area contributed by atoms with Crippen molar-refractivity contribution in [1.82, 2.24) is 15.8 Å². The number of hydrogen-bond acceptors (Lipinski definition) is 5. The fraction of sp³-hybridized carbons (Fsp3) is 0.429. The highest BCUT2D eigenvalue weighted by Gasteiger charge is 2.22. The van der Waals surface area contributed by atoms with Gasteiger partial charge in [-0.3, -0.25) is 5.43 Å². The number of amides is 2. The van der Waals surface area contributed by atoms with Gasteiger partial charge in [0.15, 0.2) is 0 Å². The number of carbonyl (C=O) groups excluding carboxylic acids is 1. The van der Waals surface area contributed by atoms with E-state index in [1.807, 2.05) is 30.3 Å². The lowest BCUT2D eigenvalue weighted by Gasteiger charge is -2.21. The summed E-state index contributed by atoms with van der Waals surface area (Å²) in [5.41, 5.74) is 6.01. The molecule has 8 heteroatoms. The molecule has 1 aliphatic heterocycles. The van der Waals surface area contributed by atoms with Gasteiger partial charge >= 0.3 is 12.2 Å². The Morgan fingerprint density at radius 2 is 2.14 bits per heavy atom. The number of hydrazine groups is 1. The lowest BCUT2D eigenvalue weighted by Crippen LogP contribution is -2.51. The van der Waals surface area contributed by atoms with Crippen LogP contribution in [0, 0.1) is 0 Å². The topological polar surface area (TPSA) is 100 Å². The maximum Gasteiger partial charge on any atom is 0.421 e. The molecule has 120 valence electrons. The van der Waals surface area contributed by atoms with Crippen LogP contribution in [0.15, 0.2) is 30.3 Å². The maximum absolute atomic E-state index is 11.6. The number of carboxylic acid groups (broad SMARTS) is 1. The normalized spacial score (nSPS) is 18.4. The van der Waals surface area contributed by atoms with Crippen molar-refractivity contribution in [3.05, 3.63) is 35.9 Å². The lowest BCUT2D eigenvalue weighted by atomic mass is 10.2. The van der Waals surface area contributed by atoms with Crippen molar-refractivity contribution in [3.63, 3.8) is 0 Å². The summed E-state index contributed by atoms with van der Waals surface area (Å²) >= 11 is 0. The Morgan fingerprint density at radius 1 is 1.36 bits per heavy atom. The molecule has 2 amide bonds. The van der Waals surface area contributed by atoms with Crippen LogP contribution < -0.4 is 10.9 Å². The van der Waals surface area contributed by atoms with Gasteiger partial charge in [-0.15, -0.1) is 0 Å². The fourth-order valence-electron chi connectivity index (χ4n) is 1.99.